The van der Waals surface area contributed by atoms with Gasteiger partial charge in [-0.3, -0.25) is 0 Å². The lowest BCUT2D eigenvalue weighted by Gasteiger charge is -2.34. The van der Waals surface area contributed by atoms with Gasteiger partial charge in [-0.05, 0) is 38.5 Å². The number of hydrogen-bond donors (Lipinski definition) is 3. The zero-order valence-electron chi connectivity index (χ0n) is 7.86. The van der Waals surface area contributed by atoms with Crippen molar-refractivity contribution in [1.82, 2.24) is 0 Å². The number of nitrogens with two attached hydrogens (primary N) is 1. The summed E-state index contributed by atoms with van der Waals surface area (Å²) in [6.45, 7) is 1.93. The Hall–Kier alpha value is -0.610. The average molecular weight is 187 g/mol. The fourth-order valence-corrected chi connectivity index (χ4v) is 1.86. The van der Waals surface area contributed by atoms with Gasteiger partial charge in [0.2, 0.25) is 0 Å². The average Bonchev–Trinajstić information content (AvgIpc) is 2.04. The number of carbonyl (C=O) groups is 1. The maximum atomic E-state index is 10.7. The number of aliphatic carboxylic acids is 1. The number of carboxylic acids is 1. The first-order chi connectivity index (χ1) is 5.96. The van der Waals surface area contributed by atoms with Crippen LogP contribution >= 0.6 is 0 Å². The summed E-state index contributed by atoms with van der Waals surface area (Å²) in [4.78, 5) is 10.7. The van der Waals surface area contributed by atoms with Crippen molar-refractivity contribution in [1.29, 1.82) is 0 Å². The van der Waals surface area contributed by atoms with E-state index in [1.807, 2.05) is 6.92 Å². The Labute approximate surface area is 77.7 Å². The smallest absolute Gasteiger partial charge is 0.335 e. The molecular weight excluding hydrogens is 170 g/mol. The lowest BCUT2D eigenvalue weighted by Crippen LogP contribution is -2.44. The van der Waals surface area contributed by atoms with Gasteiger partial charge in [0.05, 0.1) is 0 Å². The van der Waals surface area contributed by atoms with Crippen LogP contribution in [0, 0.1) is 5.92 Å². The largest absolute Gasteiger partial charge is 0.479 e. The highest BCUT2D eigenvalue weighted by molar-refractivity contribution is 5.77. The summed E-state index contributed by atoms with van der Waals surface area (Å²) in [5, 5.41) is 18.3. The lowest BCUT2D eigenvalue weighted by atomic mass is 9.76. The van der Waals surface area contributed by atoms with Gasteiger partial charge in [-0.1, -0.05) is 0 Å². The number of hydrogen-bond acceptors (Lipinski definition) is 3. The second-order valence-electron chi connectivity index (χ2n) is 4.03. The number of aliphatic hydroxyl groups is 1. The Bertz CT molecular complexity index is 195. The van der Waals surface area contributed by atoms with Gasteiger partial charge < -0.3 is 15.9 Å². The molecule has 0 saturated heterocycles. The van der Waals surface area contributed by atoms with E-state index in [0.29, 0.717) is 31.6 Å². The topological polar surface area (TPSA) is 83.5 Å². The molecule has 0 aromatic carbocycles. The molecule has 4 N–H and O–H groups in total. The molecule has 0 radical (unpaired) electrons. The molecule has 1 rings (SSSR count). The normalized spacial score (nSPS) is 37.0. The molecule has 0 amide bonds. The van der Waals surface area contributed by atoms with Crippen LogP contribution in [0.5, 0.6) is 0 Å². The molecule has 1 atom stereocenters. The van der Waals surface area contributed by atoms with Crippen molar-refractivity contribution in [3.05, 3.63) is 0 Å². The summed E-state index contributed by atoms with van der Waals surface area (Å²) in [5.41, 5.74) is 4.21. The van der Waals surface area contributed by atoms with Crippen LogP contribution in [0.4, 0.5) is 0 Å². The summed E-state index contributed by atoms with van der Waals surface area (Å²) in [7, 11) is 0. The minimum atomic E-state index is -1.49. The van der Waals surface area contributed by atoms with Crippen molar-refractivity contribution in [2.75, 3.05) is 0 Å². The molecule has 4 heteroatoms. The van der Waals surface area contributed by atoms with Crippen LogP contribution in [0.2, 0.25) is 0 Å². The minimum absolute atomic E-state index is 0.0957. The molecule has 1 aliphatic carbocycles. The maximum absolute atomic E-state index is 10.7. The van der Waals surface area contributed by atoms with E-state index < -0.39 is 11.6 Å². The Morgan fingerprint density at radius 3 is 2.31 bits per heavy atom. The van der Waals surface area contributed by atoms with E-state index in [1.54, 1.807) is 0 Å². The van der Waals surface area contributed by atoms with Gasteiger partial charge in [0.1, 0.15) is 0 Å². The summed E-state index contributed by atoms with van der Waals surface area (Å²) in [6, 6.07) is 0.0957. The third-order valence-electron chi connectivity index (χ3n) is 3.00. The van der Waals surface area contributed by atoms with Crippen molar-refractivity contribution in [3.8, 4) is 0 Å². The highest BCUT2D eigenvalue weighted by atomic mass is 16.4. The van der Waals surface area contributed by atoms with Crippen molar-refractivity contribution in [2.24, 2.45) is 11.7 Å². The zero-order chi connectivity index (χ0) is 10.1. The fourth-order valence-electron chi connectivity index (χ4n) is 1.86. The summed E-state index contributed by atoms with van der Waals surface area (Å²) in [5.74, 6) is -0.741. The van der Waals surface area contributed by atoms with Crippen LogP contribution in [0.1, 0.15) is 32.6 Å². The molecule has 0 aromatic heterocycles. The lowest BCUT2D eigenvalue weighted by molar-refractivity contribution is -0.163. The third kappa shape index (κ3) is 2.19. The predicted octanol–water partition coefficient (Wildman–Crippen LogP) is 0.339. The summed E-state index contributed by atoms with van der Waals surface area (Å²) >= 11 is 0. The van der Waals surface area contributed by atoms with Crippen molar-refractivity contribution < 1.29 is 15.0 Å². The Morgan fingerprint density at radius 1 is 1.54 bits per heavy atom. The molecule has 1 fully saturated rings. The molecule has 13 heavy (non-hydrogen) atoms. The van der Waals surface area contributed by atoms with Crippen LogP contribution in [0.25, 0.3) is 0 Å². The van der Waals surface area contributed by atoms with Crippen molar-refractivity contribution in [3.63, 3.8) is 0 Å². The van der Waals surface area contributed by atoms with E-state index in [0.717, 1.165) is 0 Å². The van der Waals surface area contributed by atoms with Gasteiger partial charge in [-0.15, -0.1) is 0 Å². The first-order valence-corrected chi connectivity index (χ1v) is 4.67. The molecule has 0 aromatic rings. The standard InChI is InChI=1S/C9H17NO3/c1-6(10)7-2-4-9(13,5-3-7)8(11)12/h6-7,13H,2-5,10H2,1H3,(H,11,12). The van der Waals surface area contributed by atoms with Crippen LogP contribution in [-0.4, -0.2) is 27.8 Å². The molecule has 1 saturated carbocycles. The van der Waals surface area contributed by atoms with E-state index in [9.17, 15) is 9.90 Å². The highest BCUT2D eigenvalue weighted by Gasteiger charge is 2.40. The third-order valence-corrected chi connectivity index (χ3v) is 3.00. The molecule has 76 valence electrons. The number of rotatable bonds is 2. The first kappa shape index (κ1) is 10.5. The molecule has 4 nitrogen and oxygen atoms in total. The Kier molecular flexibility index (Phi) is 2.93. The fraction of sp³-hybridized carbons (Fsp3) is 0.889. The van der Waals surface area contributed by atoms with Crippen LogP contribution in [0.3, 0.4) is 0 Å². The van der Waals surface area contributed by atoms with Gasteiger partial charge in [0, 0.05) is 6.04 Å². The Balaban J connectivity index is 2.51. The van der Waals surface area contributed by atoms with Crippen LogP contribution in [-0.2, 0) is 4.79 Å². The zero-order valence-corrected chi connectivity index (χ0v) is 7.86. The number of carboxylic acid groups (broad SMARTS) is 1. The van der Waals surface area contributed by atoms with Crippen LogP contribution in [0.15, 0.2) is 0 Å². The predicted molar refractivity (Wildman–Crippen MR) is 48.2 cm³/mol. The molecule has 0 spiro atoms. The van der Waals surface area contributed by atoms with E-state index in [-0.39, 0.29) is 6.04 Å². The SMILES string of the molecule is CC(N)C1CCC(O)(C(=O)O)CC1. The monoisotopic (exact) mass is 187 g/mol. The van der Waals surface area contributed by atoms with Gasteiger partial charge in [0.15, 0.2) is 5.60 Å². The van der Waals surface area contributed by atoms with Gasteiger partial charge in [-0.25, -0.2) is 4.79 Å². The van der Waals surface area contributed by atoms with E-state index in [2.05, 4.69) is 0 Å². The molecule has 0 aliphatic heterocycles. The summed E-state index contributed by atoms with van der Waals surface area (Å²) in [6.07, 6.45) is 2.07. The molecule has 0 bridgehead atoms. The van der Waals surface area contributed by atoms with E-state index in [4.69, 9.17) is 10.8 Å². The van der Waals surface area contributed by atoms with E-state index in [1.165, 1.54) is 0 Å². The van der Waals surface area contributed by atoms with Gasteiger partial charge in [0.25, 0.3) is 0 Å². The van der Waals surface area contributed by atoms with Crippen molar-refractivity contribution >= 4 is 5.97 Å². The first-order valence-electron chi connectivity index (χ1n) is 4.67. The summed E-state index contributed by atoms with van der Waals surface area (Å²) < 4.78 is 0. The minimum Gasteiger partial charge on any atom is -0.479 e. The second-order valence-corrected chi connectivity index (χ2v) is 4.03. The molecular formula is C9H17NO3. The van der Waals surface area contributed by atoms with Gasteiger partial charge in [-0.2, -0.15) is 0 Å². The quantitative estimate of drug-likeness (QED) is 0.582. The highest BCUT2D eigenvalue weighted by Crippen LogP contribution is 2.33. The molecule has 1 unspecified atom stereocenters. The maximum Gasteiger partial charge on any atom is 0.335 e. The molecule has 0 heterocycles. The Morgan fingerprint density at radius 2 is 2.00 bits per heavy atom. The van der Waals surface area contributed by atoms with Gasteiger partial charge >= 0.3 is 5.97 Å². The van der Waals surface area contributed by atoms with E-state index >= 15 is 0 Å². The second kappa shape index (κ2) is 3.64. The van der Waals surface area contributed by atoms with Crippen LogP contribution < -0.4 is 5.73 Å². The van der Waals surface area contributed by atoms with Crippen molar-refractivity contribution in [2.45, 2.75) is 44.2 Å². The molecule has 1 aliphatic rings.